The fourth-order valence-electron chi connectivity index (χ4n) is 1.20. The molecule has 15 heavy (non-hydrogen) atoms. The molecule has 0 heterocycles. The summed E-state index contributed by atoms with van der Waals surface area (Å²) in [4.78, 5) is 10.8. The van der Waals surface area contributed by atoms with Crippen molar-refractivity contribution in [3.05, 3.63) is 0 Å². The summed E-state index contributed by atoms with van der Waals surface area (Å²) < 4.78 is 0. The number of unbranched alkanes of at least 4 members (excludes halogenated alkanes) is 1. The van der Waals surface area contributed by atoms with Crippen molar-refractivity contribution in [1.29, 1.82) is 0 Å². The Morgan fingerprint density at radius 2 is 1.93 bits per heavy atom. The van der Waals surface area contributed by atoms with Crippen LogP contribution in [0.2, 0.25) is 0 Å². The van der Waals surface area contributed by atoms with Gasteiger partial charge in [-0.2, -0.15) is 11.8 Å². The number of rotatable bonds is 8. The average molecular weight is 232 g/mol. The molecule has 0 fully saturated rings. The minimum Gasteiger partial charge on any atom is -0.481 e. The largest absolute Gasteiger partial charge is 0.481 e. The van der Waals surface area contributed by atoms with Gasteiger partial charge in [0.05, 0.1) is 5.41 Å². The standard InChI is InChI=1S/C12H24O2S/c1-10(2)9-15-8-6-5-7-12(3,4)11(13)14/h10H,5-9H2,1-4H3,(H,13,14). The maximum atomic E-state index is 10.8. The van der Waals surface area contributed by atoms with Crippen LogP contribution in [0, 0.1) is 11.3 Å². The molecular formula is C12H24O2S. The minimum absolute atomic E-state index is 0.553. The lowest BCUT2D eigenvalue weighted by molar-refractivity contribution is -0.147. The summed E-state index contributed by atoms with van der Waals surface area (Å²) in [6.07, 6.45) is 2.93. The van der Waals surface area contributed by atoms with E-state index in [2.05, 4.69) is 13.8 Å². The van der Waals surface area contributed by atoms with Gasteiger partial charge in [-0.15, -0.1) is 0 Å². The molecule has 0 rings (SSSR count). The summed E-state index contributed by atoms with van der Waals surface area (Å²) in [6, 6.07) is 0. The summed E-state index contributed by atoms with van der Waals surface area (Å²) >= 11 is 1.97. The van der Waals surface area contributed by atoms with Crippen molar-refractivity contribution in [3.8, 4) is 0 Å². The van der Waals surface area contributed by atoms with Gasteiger partial charge in [0, 0.05) is 0 Å². The van der Waals surface area contributed by atoms with Crippen LogP contribution in [-0.2, 0) is 4.79 Å². The van der Waals surface area contributed by atoms with Crippen LogP contribution in [0.4, 0.5) is 0 Å². The Labute approximate surface area is 97.8 Å². The second kappa shape index (κ2) is 7.15. The summed E-state index contributed by atoms with van der Waals surface area (Å²) in [5, 5.41) is 8.91. The van der Waals surface area contributed by atoms with Crippen molar-refractivity contribution in [2.75, 3.05) is 11.5 Å². The number of hydrogen-bond donors (Lipinski definition) is 1. The first-order valence-corrected chi connectivity index (χ1v) is 6.83. The predicted molar refractivity (Wildman–Crippen MR) is 67.4 cm³/mol. The van der Waals surface area contributed by atoms with E-state index in [0.717, 1.165) is 30.9 Å². The summed E-state index contributed by atoms with van der Waals surface area (Å²) in [5.41, 5.74) is -0.553. The molecule has 0 saturated carbocycles. The van der Waals surface area contributed by atoms with Gasteiger partial charge in [0.1, 0.15) is 0 Å². The zero-order valence-electron chi connectivity index (χ0n) is 10.4. The Hall–Kier alpha value is -0.180. The van der Waals surface area contributed by atoms with Gasteiger partial charge in [0.25, 0.3) is 0 Å². The third-order valence-corrected chi connectivity index (χ3v) is 3.85. The highest BCUT2D eigenvalue weighted by Gasteiger charge is 2.25. The van der Waals surface area contributed by atoms with Gasteiger partial charge >= 0.3 is 5.97 Å². The maximum absolute atomic E-state index is 10.8. The minimum atomic E-state index is -0.683. The zero-order valence-corrected chi connectivity index (χ0v) is 11.2. The topological polar surface area (TPSA) is 37.3 Å². The van der Waals surface area contributed by atoms with Crippen molar-refractivity contribution in [3.63, 3.8) is 0 Å². The first-order valence-electron chi connectivity index (χ1n) is 5.67. The third kappa shape index (κ3) is 7.71. The molecule has 0 amide bonds. The number of aliphatic carboxylic acids is 1. The number of hydrogen-bond acceptors (Lipinski definition) is 2. The number of carboxylic acid groups (broad SMARTS) is 1. The van der Waals surface area contributed by atoms with Crippen molar-refractivity contribution < 1.29 is 9.90 Å². The SMILES string of the molecule is CC(C)CSCCCCC(C)(C)C(=O)O. The van der Waals surface area contributed by atoms with E-state index in [-0.39, 0.29) is 0 Å². The van der Waals surface area contributed by atoms with Crippen molar-refractivity contribution in [1.82, 2.24) is 0 Å². The van der Waals surface area contributed by atoms with E-state index in [1.54, 1.807) is 13.8 Å². The molecule has 0 aliphatic rings. The molecule has 0 aromatic heterocycles. The first-order chi connectivity index (χ1) is 6.86. The van der Waals surface area contributed by atoms with Gasteiger partial charge in [-0.3, -0.25) is 4.79 Å². The van der Waals surface area contributed by atoms with Gasteiger partial charge in [-0.1, -0.05) is 20.3 Å². The molecule has 0 aliphatic heterocycles. The van der Waals surface area contributed by atoms with E-state index in [1.165, 1.54) is 5.75 Å². The molecule has 0 bridgehead atoms. The molecule has 0 unspecified atom stereocenters. The molecule has 2 nitrogen and oxygen atoms in total. The van der Waals surface area contributed by atoms with Gasteiger partial charge in [0.15, 0.2) is 0 Å². The summed E-state index contributed by atoms with van der Waals surface area (Å²) in [6.45, 7) is 8.05. The van der Waals surface area contributed by atoms with Crippen LogP contribution in [0.25, 0.3) is 0 Å². The van der Waals surface area contributed by atoms with Gasteiger partial charge in [-0.05, 0) is 44.1 Å². The molecule has 0 aromatic rings. The summed E-state index contributed by atoms with van der Waals surface area (Å²) in [5.74, 6) is 2.44. The molecular weight excluding hydrogens is 208 g/mol. The first kappa shape index (κ1) is 14.8. The molecule has 0 saturated heterocycles. The highest BCUT2D eigenvalue weighted by molar-refractivity contribution is 7.99. The fraction of sp³-hybridized carbons (Fsp3) is 0.917. The molecule has 0 aliphatic carbocycles. The van der Waals surface area contributed by atoms with E-state index in [9.17, 15) is 4.79 Å². The molecule has 3 heteroatoms. The lowest BCUT2D eigenvalue weighted by atomic mass is 9.88. The fourth-order valence-corrected chi connectivity index (χ4v) is 2.24. The average Bonchev–Trinajstić information content (AvgIpc) is 2.10. The van der Waals surface area contributed by atoms with Crippen LogP contribution in [0.3, 0.4) is 0 Å². The molecule has 0 spiro atoms. The Morgan fingerprint density at radius 1 is 1.33 bits per heavy atom. The number of carboxylic acids is 1. The normalized spacial score (nSPS) is 12.1. The van der Waals surface area contributed by atoms with Crippen molar-refractivity contribution in [2.45, 2.75) is 47.0 Å². The highest BCUT2D eigenvalue weighted by atomic mass is 32.2. The van der Waals surface area contributed by atoms with Crippen LogP contribution in [0.5, 0.6) is 0 Å². The lowest BCUT2D eigenvalue weighted by Gasteiger charge is -2.18. The van der Waals surface area contributed by atoms with E-state index >= 15 is 0 Å². The van der Waals surface area contributed by atoms with Crippen LogP contribution >= 0.6 is 11.8 Å². The van der Waals surface area contributed by atoms with Crippen LogP contribution < -0.4 is 0 Å². The number of carbonyl (C=O) groups is 1. The predicted octanol–water partition coefficient (Wildman–Crippen LogP) is 3.66. The lowest BCUT2D eigenvalue weighted by Crippen LogP contribution is -2.23. The number of thioether (sulfide) groups is 1. The van der Waals surface area contributed by atoms with E-state index < -0.39 is 11.4 Å². The zero-order chi connectivity index (χ0) is 11.9. The Kier molecular flexibility index (Phi) is 7.07. The van der Waals surface area contributed by atoms with Gasteiger partial charge in [0.2, 0.25) is 0 Å². The quantitative estimate of drug-likeness (QED) is 0.649. The monoisotopic (exact) mass is 232 g/mol. The van der Waals surface area contributed by atoms with Crippen molar-refractivity contribution >= 4 is 17.7 Å². The maximum Gasteiger partial charge on any atom is 0.309 e. The molecule has 1 N–H and O–H groups in total. The van der Waals surface area contributed by atoms with E-state index in [1.807, 2.05) is 11.8 Å². The van der Waals surface area contributed by atoms with E-state index in [0.29, 0.717) is 0 Å². The molecule has 0 radical (unpaired) electrons. The third-order valence-electron chi connectivity index (χ3n) is 2.37. The van der Waals surface area contributed by atoms with Crippen LogP contribution in [0.15, 0.2) is 0 Å². The van der Waals surface area contributed by atoms with E-state index in [4.69, 9.17) is 5.11 Å². The van der Waals surface area contributed by atoms with Gasteiger partial charge < -0.3 is 5.11 Å². The second-order valence-electron chi connectivity index (χ2n) is 5.11. The smallest absolute Gasteiger partial charge is 0.309 e. The van der Waals surface area contributed by atoms with Crippen molar-refractivity contribution in [2.24, 2.45) is 11.3 Å². The Bertz CT molecular complexity index is 188. The highest BCUT2D eigenvalue weighted by Crippen LogP contribution is 2.24. The van der Waals surface area contributed by atoms with Crippen LogP contribution in [-0.4, -0.2) is 22.6 Å². The van der Waals surface area contributed by atoms with Gasteiger partial charge in [-0.25, -0.2) is 0 Å². The molecule has 90 valence electrons. The second-order valence-corrected chi connectivity index (χ2v) is 6.26. The Morgan fingerprint density at radius 3 is 2.40 bits per heavy atom. The Balaban J connectivity index is 3.43. The molecule has 0 atom stereocenters. The summed E-state index contributed by atoms with van der Waals surface area (Å²) in [7, 11) is 0. The molecule has 0 aromatic carbocycles. The van der Waals surface area contributed by atoms with Crippen LogP contribution in [0.1, 0.15) is 47.0 Å².